The van der Waals surface area contributed by atoms with Crippen LogP contribution in [0.5, 0.6) is 0 Å². The van der Waals surface area contributed by atoms with Gasteiger partial charge >= 0.3 is 0 Å². The van der Waals surface area contributed by atoms with E-state index in [0.29, 0.717) is 17.0 Å². The summed E-state index contributed by atoms with van der Waals surface area (Å²) in [5.41, 5.74) is 0. The monoisotopic (exact) mass is 162 g/mol. The molecule has 1 nitrogen and oxygen atoms in total. The van der Waals surface area contributed by atoms with Crippen molar-refractivity contribution in [2.45, 2.75) is 25.4 Å². The average Bonchev–Trinajstić information content (AvgIpc) is 2.34. The normalized spacial score (nSPS) is 27.0. The molecule has 0 aromatic heterocycles. The molecule has 1 aliphatic rings. The Hall–Kier alpha value is 0.310. The van der Waals surface area contributed by atoms with Crippen molar-refractivity contribution in [1.82, 2.24) is 0 Å². The second-order valence-corrected chi connectivity index (χ2v) is 5.83. The minimum Gasteiger partial charge on any atom is -0.378 e. The second-order valence-electron chi connectivity index (χ2n) is 3.23. The topological polar surface area (TPSA) is 9.23 Å². The van der Waals surface area contributed by atoms with Crippen LogP contribution in [0.1, 0.15) is 19.3 Å². The lowest BCUT2D eigenvalue weighted by molar-refractivity contribution is 0.109. The molecule has 0 aliphatic carbocycles. The van der Waals surface area contributed by atoms with E-state index in [4.69, 9.17) is 4.74 Å². The van der Waals surface area contributed by atoms with Gasteiger partial charge in [0.1, 0.15) is 0 Å². The molecule has 1 atom stereocenters. The van der Waals surface area contributed by atoms with Gasteiger partial charge in [0.2, 0.25) is 0 Å². The quantitative estimate of drug-likeness (QED) is 0.623. The van der Waals surface area contributed by atoms with Crippen LogP contribution in [-0.4, -0.2) is 31.0 Å². The van der Waals surface area contributed by atoms with Crippen LogP contribution >= 0.6 is 10.9 Å². The van der Waals surface area contributed by atoms with Gasteiger partial charge in [0.25, 0.3) is 0 Å². The van der Waals surface area contributed by atoms with E-state index < -0.39 is 0 Å². The number of rotatable bonds is 3. The summed E-state index contributed by atoms with van der Waals surface area (Å²) in [5, 5.41) is 0. The van der Waals surface area contributed by atoms with Gasteiger partial charge in [0.15, 0.2) is 0 Å². The van der Waals surface area contributed by atoms with Crippen LogP contribution in [0.25, 0.3) is 0 Å². The van der Waals surface area contributed by atoms with Gasteiger partial charge in [-0.15, -0.1) is 0 Å². The molecule has 1 fully saturated rings. The maximum Gasteiger partial charge on any atom is 0.0583 e. The molecule has 10 heavy (non-hydrogen) atoms. The Bertz CT molecular complexity index is 87.3. The highest BCUT2D eigenvalue weighted by atomic mass is 32.2. The van der Waals surface area contributed by atoms with Crippen molar-refractivity contribution < 1.29 is 4.74 Å². The van der Waals surface area contributed by atoms with Crippen LogP contribution in [-0.2, 0) is 4.74 Å². The molecule has 0 radical (unpaired) electrons. The number of ether oxygens (including phenoxy) is 1. The van der Waals surface area contributed by atoms with Crippen LogP contribution in [0.15, 0.2) is 0 Å². The van der Waals surface area contributed by atoms with E-state index in [1.807, 2.05) is 0 Å². The molecular formula is C8H18OS. The minimum atomic E-state index is 0.303. The van der Waals surface area contributed by atoms with E-state index in [-0.39, 0.29) is 0 Å². The molecule has 0 spiro atoms. The van der Waals surface area contributed by atoms with E-state index in [1.54, 1.807) is 0 Å². The molecule has 0 aromatic rings. The lowest BCUT2D eigenvalue weighted by Crippen LogP contribution is -2.06. The fourth-order valence-corrected chi connectivity index (χ4v) is 2.08. The van der Waals surface area contributed by atoms with Crippen molar-refractivity contribution in [3.63, 3.8) is 0 Å². The molecule has 0 N–H and O–H groups in total. The highest BCUT2D eigenvalue weighted by Crippen LogP contribution is 2.21. The van der Waals surface area contributed by atoms with E-state index in [1.165, 1.54) is 25.0 Å². The molecule has 2 heteroatoms. The van der Waals surface area contributed by atoms with Gasteiger partial charge in [-0.25, -0.2) is 0 Å². The third-order valence-corrected chi connectivity index (χ3v) is 3.07. The molecule has 0 aromatic carbocycles. The fourth-order valence-electron chi connectivity index (χ4n) is 1.27. The van der Waals surface area contributed by atoms with E-state index in [9.17, 15) is 0 Å². The molecule has 62 valence electrons. The van der Waals surface area contributed by atoms with Crippen molar-refractivity contribution in [2.75, 3.05) is 24.9 Å². The summed E-state index contributed by atoms with van der Waals surface area (Å²) in [6.07, 6.45) is 9.19. The first-order valence-corrected chi connectivity index (χ1v) is 6.47. The maximum absolute atomic E-state index is 5.51. The zero-order valence-corrected chi connectivity index (χ0v) is 7.86. The van der Waals surface area contributed by atoms with Crippen LogP contribution in [0.3, 0.4) is 0 Å². The number of hydrogen-bond acceptors (Lipinski definition) is 1. The molecule has 1 heterocycles. The van der Waals surface area contributed by atoms with Gasteiger partial charge in [-0.3, -0.25) is 10.9 Å². The average molecular weight is 162 g/mol. The Balaban J connectivity index is 2.01. The minimum absolute atomic E-state index is 0.303. The zero-order valence-electron chi connectivity index (χ0n) is 6.97. The lowest BCUT2D eigenvalue weighted by atomic mass is 10.2. The molecule has 1 unspecified atom stereocenters. The van der Waals surface area contributed by atoms with Crippen molar-refractivity contribution in [3.8, 4) is 0 Å². The summed E-state index contributed by atoms with van der Waals surface area (Å²) in [6.45, 7) is 1.01. The van der Waals surface area contributed by atoms with Crippen molar-refractivity contribution in [3.05, 3.63) is 0 Å². The smallest absolute Gasteiger partial charge is 0.0583 e. The molecule has 0 amide bonds. The van der Waals surface area contributed by atoms with Crippen molar-refractivity contribution in [2.24, 2.45) is 0 Å². The highest BCUT2D eigenvalue weighted by molar-refractivity contribution is 8.15. The summed E-state index contributed by atoms with van der Waals surface area (Å²) in [4.78, 5) is 0. The first-order chi connectivity index (χ1) is 4.79. The Morgan fingerprint density at radius 3 is 2.80 bits per heavy atom. The highest BCUT2D eigenvalue weighted by Gasteiger charge is 2.14. The van der Waals surface area contributed by atoms with E-state index in [2.05, 4.69) is 12.5 Å². The zero-order chi connectivity index (χ0) is 7.40. The summed E-state index contributed by atoms with van der Waals surface area (Å²) >= 11 is 0. The Morgan fingerprint density at radius 2 is 2.30 bits per heavy atom. The Morgan fingerprint density at radius 1 is 1.50 bits per heavy atom. The van der Waals surface area contributed by atoms with E-state index in [0.717, 1.165) is 6.61 Å². The Kier molecular flexibility index (Phi) is 3.57. The standard InChI is InChI=1S/C8H18OS/c1-10(2)7-5-8-4-3-6-9-8/h8,10H,3-7H2,1-2H3. The molecule has 1 saturated heterocycles. The van der Waals surface area contributed by atoms with Gasteiger partial charge in [0, 0.05) is 6.61 Å². The summed E-state index contributed by atoms with van der Waals surface area (Å²) in [7, 11) is 0.303. The van der Waals surface area contributed by atoms with Gasteiger partial charge in [-0.05, 0) is 37.5 Å². The predicted octanol–water partition coefficient (Wildman–Crippen LogP) is 1.82. The second kappa shape index (κ2) is 4.24. The van der Waals surface area contributed by atoms with Gasteiger partial charge in [0.05, 0.1) is 6.10 Å². The van der Waals surface area contributed by atoms with Crippen LogP contribution in [0, 0.1) is 0 Å². The van der Waals surface area contributed by atoms with Crippen LogP contribution in [0.2, 0.25) is 0 Å². The van der Waals surface area contributed by atoms with Crippen molar-refractivity contribution >= 4 is 10.9 Å². The fraction of sp³-hybridized carbons (Fsp3) is 1.00. The summed E-state index contributed by atoms with van der Waals surface area (Å²) < 4.78 is 5.51. The third kappa shape index (κ3) is 2.93. The van der Waals surface area contributed by atoms with Gasteiger partial charge < -0.3 is 4.74 Å². The van der Waals surface area contributed by atoms with Gasteiger partial charge in [-0.2, -0.15) is 0 Å². The molecule has 1 aliphatic heterocycles. The maximum atomic E-state index is 5.51. The largest absolute Gasteiger partial charge is 0.378 e. The third-order valence-electron chi connectivity index (χ3n) is 1.92. The summed E-state index contributed by atoms with van der Waals surface area (Å²) in [5.74, 6) is 1.39. The number of thiol groups is 1. The van der Waals surface area contributed by atoms with E-state index >= 15 is 0 Å². The van der Waals surface area contributed by atoms with Crippen molar-refractivity contribution in [1.29, 1.82) is 0 Å². The first kappa shape index (κ1) is 8.41. The lowest BCUT2D eigenvalue weighted by Gasteiger charge is -2.12. The summed E-state index contributed by atoms with van der Waals surface area (Å²) in [6, 6.07) is 0. The van der Waals surface area contributed by atoms with Gasteiger partial charge in [-0.1, -0.05) is 0 Å². The van der Waals surface area contributed by atoms with Crippen LogP contribution in [0.4, 0.5) is 0 Å². The first-order valence-electron chi connectivity index (χ1n) is 4.05. The number of hydrogen-bond donors (Lipinski definition) is 1. The van der Waals surface area contributed by atoms with Crippen LogP contribution < -0.4 is 0 Å². The molecule has 0 bridgehead atoms. The predicted molar refractivity (Wildman–Crippen MR) is 49.3 cm³/mol. The molecule has 1 rings (SSSR count). The SMILES string of the molecule is C[SH](C)CCC1CCCO1. The Labute approximate surface area is 66.5 Å². The molecular weight excluding hydrogens is 144 g/mol. The molecule has 0 saturated carbocycles.